The first-order valence-corrected chi connectivity index (χ1v) is 9.89. The van der Waals surface area contributed by atoms with Crippen LogP contribution in [0, 0.1) is 5.92 Å². The largest absolute Gasteiger partial charge is 0.362 e. The van der Waals surface area contributed by atoms with E-state index in [0.29, 0.717) is 18.9 Å². The Bertz CT molecular complexity index is 823. The fourth-order valence-electron chi connectivity index (χ4n) is 3.68. The average molecular weight is 383 g/mol. The summed E-state index contributed by atoms with van der Waals surface area (Å²) in [6.45, 7) is 5.44. The number of hydrogen-bond donors (Lipinski definition) is 1. The molecule has 0 fully saturated rings. The number of nitrogens with zero attached hydrogens (tertiary/aromatic N) is 5. The molecule has 0 bridgehead atoms. The van der Waals surface area contributed by atoms with E-state index >= 15 is 0 Å². The first kappa shape index (κ1) is 20.2. The van der Waals surface area contributed by atoms with Gasteiger partial charge in [0.05, 0.1) is 18.3 Å². The maximum Gasteiger partial charge on any atom is 0.240 e. The van der Waals surface area contributed by atoms with Crippen LogP contribution in [-0.2, 0) is 17.8 Å². The molecule has 1 aliphatic heterocycles. The molecule has 0 saturated heterocycles. The first-order valence-electron chi connectivity index (χ1n) is 9.89. The van der Waals surface area contributed by atoms with Crippen molar-refractivity contribution in [1.29, 1.82) is 0 Å². The molecule has 0 saturated carbocycles. The van der Waals surface area contributed by atoms with E-state index in [2.05, 4.69) is 24.1 Å². The molecule has 2 aromatic rings. The Balaban J connectivity index is 1.95. The van der Waals surface area contributed by atoms with Crippen LogP contribution in [0.2, 0.25) is 0 Å². The molecule has 1 aliphatic rings. The summed E-state index contributed by atoms with van der Waals surface area (Å²) < 4.78 is 0. The van der Waals surface area contributed by atoms with Gasteiger partial charge in [0.25, 0.3) is 0 Å². The van der Waals surface area contributed by atoms with Crippen LogP contribution in [0.5, 0.6) is 0 Å². The fraction of sp³-hybridized carbons (Fsp3) is 0.524. The second kappa shape index (κ2) is 8.65. The molecule has 7 nitrogen and oxygen atoms in total. The van der Waals surface area contributed by atoms with E-state index in [1.165, 1.54) is 0 Å². The number of fused-ring (bicyclic) bond motifs is 1. The van der Waals surface area contributed by atoms with Gasteiger partial charge in [-0.2, -0.15) is 0 Å². The van der Waals surface area contributed by atoms with Crippen LogP contribution in [0.3, 0.4) is 0 Å². The third kappa shape index (κ3) is 3.99. The van der Waals surface area contributed by atoms with Gasteiger partial charge in [0.2, 0.25) is 5.91 Å². The number of pyridine rings is 1. The predicted octanol–water partition coefficient (Wildman–Crippen LogP) is 2.12. The first-order chi connectivity index (χ1) is 13.5. The molecule has 0 spiro atoms. The summed E-state index contributed by atoms with van der Waals surface area (Å²) in [7, 11) is 5.85. The van der Waals surface area contributed by atoms with Crippen molar-refractivity contribution in [2.75, 3.05) is 32.6 Å². The van der Waals surface area contributed by atoms with E-state index in [0.717, 1.165) is 35.5 Å². The minimum absolute atomic E-state index is 0.149. The Labute approximate surface area is 167 Å². The number of rotatable bonds is 6. The van der Waals surface area contributed by atoms with Gasteiger partial charge < -0.3 is 15.1 Å². The van der Waals surface area contributed by atoms with Crippen LogP contribution in [0.1, 0.15) is 31.5 Å². The number of hydrogen-bond acceptors (Lipinski definition) is 6. The maximum atomic E-state index is 13.1. The summed E-state index contributed by atoms with van der Waals surface area (Å²) in [5.74, 6) is 2.00. The summed E-state index contributed by atoms with van der Waals surface area (Å²) in [6.07, 6.45) is 5.23. The Morgan fingerprint density at radius 1 is 1.36 bits per heavy atom. The van der Waals surface area contributed by atoms with Crippen molar-refractivity contribution in [3.05, 3.63) is 35.8 Å². The third-order valence-corrected chi connectivity index (χ3v) is 5.49. The summed E-state index contributed by atoms with van der Waals surface area (Å²) in [5, 5.41) is 3.20. The summed E-state index contributed by atoms with van der Waals surface area (Å²) in [4.78, 5) is 30.8. The van der Waals surface area contributed by atoms with Crippen LogP contribution < -0.4 is 10.2 Å². The van der Waals surface area contributed by atoms with Gasteiger partial charge >= 0.3 is 0 Å². The third-order valence-electron chi connectivity index (χ3n) is 5.49. The van der Waals surface area contributed by atoms with Gasteiger partial charge in [-0.05, 0) is 31.5 Å². The SMILES string of the molecule is CCC(C)C(NC)C(=O)N1CCc2c(nc(-c3cccnc3)nc2N(C)C)C1. The number of nitrogens with one attached hydrogen (secondary N) is 1. The van der Waals surface area contributed by atoms with Crippen molar-refractivity contribution < 1.29 is 4.79 Å². The highest BCUT2D eigenvalue weighted by Gasteiger charge is 2.31. The zero-order valence-electron chi connectivity index (χ0n) is 17.4. The quantitative estimate of drug-likeness (QED) is 0.825. The topological polar surface area (TPSA) is 74.2 Å². The molecule has 1 amide bonds. The van der Waals surface area contributed by atoms with Gasteiger partial charge in [-0.3, -0.25) is 9.78 Å². The van der Waals surface area contributed by atoms with Gasteiger partial charge in [-0.1, -0.05) is 20.3 Å². The standard InChI is InChI=1S/C21H30N6O/c1-6-14(2)18(22-3)21(28)27-11-9-16-17(13-27)24-19(25-20(16)26(4)5)15-8-7-10-23-12-15/h7-8,10,12,14,18,22H,6,9,11,13H2,1-5H3. The van der Waals surface area contributed by atoms with Crippen molar-refractivity contribution in [3.8, 4) is 11.4 Å². The lowest BCUT2D eigenvalue weighted by atomic mass is 9.96. The molecule has 7 heteroatoms. The van der Waals surface area contributed by atoms with Crippen molar-refractivity contribution in [2.24, 2.45) is 5.92 Å². The van der Waals surface area contributed by atoms with E-state index in [1.807, 2.05) is 43.1 Å². The van der Waals surface area contributed by atoms with Crippen molar-refractivity contribution in [1.82, 2.24) is 25.2 Å². The van der Waals surface area contributed by atoms with Crippen LogP contribution in [0.4, 0.5) is 5.82 Å². The lowest BCUT2D eigenvalue weighted by Gasteiger charge is -2.34. The second-order valence-electron chi connectivity index (χ2n) is 7.59. The minimum Gasteiger partial charge on any atom is -0.362 e. The smallest absolute Gasteiger partial charge is 0.240 e. The number of carbonyl (C=O) groups excluding carboxylic acids is 1. The molecule has 2 aromatic heterocycles. The Morgan fingerprint density at radius 2 is 2.14 bits per heavy atom. The zero-order chi connectivity index (χ0) is 20.3. The number of amides is 1. The highest BCUT2D eigenvalue weighted by molar-refractivity contribution is 5.82. The van der Waals surface area contributed by atoms with E-state index < -0.39 is 0 Å². The van der Waals surface area contributed by atoms with E-state index in [-0.39, 0.29) is 17.9 Å². The van der Waals surface area contributed by atoms with Crippen LogP contribution in [-0.4, -0.2) is 59.5 Å². The minimum atomic E-state index is -0.167. The van der Waals surface area contributed by atoms with Crippen molar-refractivity contribution in [2.45, 2.75) is 39.3 Å². The monoisotopic (exact) mass is 382 g/mol. The molecule has 150 valence electrons. The van der Waals surface area contributed by atoms with E-state index in [9.17, 15) is 4.79 Å². The summed E-state index contributed by atoms with van der Waals surface area (Å²) >= 11 is 0. The molecule has 0 radical (unpaired) electrons. The second-order valence-corrected chi connectivity index (χ2v) is 7.59. The lowest BCUT2D eigenvalue weighted by molar-refractivity contribution is -0.135. The van der Waals surface area contributed by atoms with Gasteiger partial charge in [0.1, 0.15) is 5.82 Å². The highest BCUT2D eigenvalue weighted by atomic mass is 16.2. The molecule has 0 aliphatic carbocycles. The van der Waals surface area contributed by atoms with Gasteiger partial charge in [-0.15, -0.1) is 0 Å². The van der Waals surface area contributed by atoms with E-state index in [1.54, 1.807) is 12.4 Å². The molecule has 2 unspecified atom stereocenters. The Morgan fingerprint density at radius 3 is 2.75 bits per heavy atom. The average Bonchev–Trinajstić information content (AvgIpc) is 2.73. The number of carbonyl (C=O) groups is 1. The molecule has 3 rings (SSSR count). The van der Waals surface area contributed by atoms with Gasteiger partial charge in [0, 0.05) is 44.2 Å². The van der Waals surface area contributed by atoms with Crippen molar-refractivity contribution >= 4 is 11.7 Å². The highest BCUT2D eigenvalue weighted by Crippen LogP contribution is 2.29. The fourth-order valence-corrected chi connectivity index (χ4v) is 3.68. The normalized spacial score (nSPS) is 15.7. The van der Waals surface area contributed by atoms with Crippen LogP contribution >= 0.6 is 0 Å². The van der Waals surface area contributed by atoms with Crippen LogP contribution in [0.15, 0.2) is 24.5 Å². The number of anilines is 1. The summed E-state index contributed by atoms with van der Waals surface area (Å²) in [6, 6.07) is 3.67. The van der Waals surface area contributed by atoms with Gasteiger partial charge in [0.15, 0.2) is 5.82 Å². The zero-order valence-corrected chi connectivity index (χ0v) is 17.4. The molecule has 1 N–H and O–H groups in total. The summed E-state index contributed by atoms with van der Waals surface area (Å²) in [5.41, 5.74) is 2.94. The molecule has 0 aromatic carbocycles. The van der Waals surface area contributed by atoms with Crippen LogP contribution in [0.25, 0.3) is 11.4 Å². The number of likely N-dealkylation sites (N-methyl/N-ethyl adjacent to an activating group) is 1. The molecule has 2 atom stereocenters. The Hall–Kier alpha value is -2.54. The Kier molecular flexibility index (Phi) is 6.24. The molecular formula is C21H30N6O. The lowest BCUT2D eigenvalue weighted by Crippen LogP contribution is -2.50. The molecule has 28 heavy (non-hydrogen) atoms. The van der Waals surface area contributed by atoms with Gasteiger partial charge in [-0.25, -0.2) is 9.97 Å². The number of aromatic nitrogens is 3. The molecular weight excluding hydrogens is 352 g/mol. The predicted molar refractivity (Wildman–Crippen MR) is 111 cm³/mol. The molecule has 3 heterocycles. The van der Waals surface area contributed by atoms with E-state index in [4.69, 9.17) is 9.97 Å². The maximum absolute atomic E-state index is 13.1. The van der Waals surface area contributed by atoms with Crippen molar-refractivity contribution in [3.63, 3.8) is 0 Å².